The first kappa shape index (κ1) is 19.4. The molecule has 0 bridgehead atoms. The lowest BCUT2D eigenvalue weighted by Gasteiger charge is -2.35. The lowest BCUT2D eigenvalue weighted by atomic mass is 9.85. The van der Waals surface area contributed by atoms with E-state index < -0.39 is 11.9 Å². The van der Waals surface area contributed by atoms with Crippen LogP contribution in [0.25, 0.3) is 0 Å². The summed E-state index contributed by atoms with van der Waals surface area (Å²) in [5.41, 5.74) is 5.78. The Balaban J connectivity index is 1.49. The van der Waals surface area contributed by atoms with E-state index in [0.29, 0.717) is 6.54 Å². The van der Waals surface area contributed by atoms with Crippen LogP contribution in [0.5, 0.6) is 0 Å². The molecule has 1 aromatic carbocycles. The molecule has 1 fully saturated rings. The van der Waals surface area contributed by atoms with Crippen molar-refractivity contribution in [2.75, 3.05) is 13.1 Å². The highest BCUT2D eigenvalue weighted by Crippen LogP contribution is 2.52. The Hall–Kier alpha value is -2.97. The van der Waals surface area contributed by atoms with E-state index in [1.54, 1.807) is 6.20 Å². The van der Waals surface area contributed by atoms with E-state index in [0.717, 1.165) is 42.8 Å². The molecule has 1 aliphatic heterocycles. The van der Waals surface area contributed by atoms with E-state index >= 15 is 0 Å². The van der Waals surface area contributed by atoms with Gasteiger partial charge in [0, 0.05) is 43.7 Å². The maximum Gasteiger partial charge on any atom is 0.314 e. The molecule has 0 atom stereocenters. The molecule has 4 rings (SSSR count). The summed E-state index contributed by atoms with van der Waals surface area (Å²) < 4.78 is 4.64. The summed E-state index contributed by atoms with van der Waals surface area (Å²) in [7, 11) is 0. The van der Waals surface area contributed by atoms with Crippen LogP contribution in [0.3, 0.4) is 0 Å². The number of hydrogen-bond donors (Lipinski definition) is 0. The minimum atomic E-state index is -0.549. The fourth-order valence-corrected chi connectivity index (χ4v) is 4.04. The Kier molecular flexibility index (Phi) is 5.21. The minimum absolute atomic E-state index is 0.177. The number of ether oxygens (including phenoxy) is 1. The van der Waals surface area contributed by atoms with E-state index in [-0.39, 0.29) is 11.8 Å². The van der Waals surface area contributed by atoms with E-state index in [2.05, 4.69) is 44.7 Å². The van der Waals surface area contributed by atoms with Gasteiger partial charge in [-0.1, -0.05) is 18.1 Å². The van der Waals surface area contributed by atoms with Gasteiger partial charge >= 0.3 is 11.9 Å². The molecule has 1 saturated carbocycles. The standard InChI is InChI=1S/C24H24N2O3/c1-17-4-3-12-25-22(17)8-6-19-5-7-20-15-26(13-9-23(28)29-18(2)27)16-24(10-11-24)21(20)14-19/h3-5,7,12,14H,9-11,13,15-16H2,1-2H3. The van der Waals surface area contributed by atoms with Crippen molar-refractivity contribution in [3.63, 3.8) is 0 Å². The van der Waals surface area contributed by atoms with Crippen molar-refractivity contribution in [2.45, 2.75) is 45.1 Å². The predicted octanol–water partition coefficient (Wildman–Crippen LogP) is 3.12. The number of hydrogen-bond acceptors (Lipinski definition) is 5. The van der Waals surface area contributed by atoms with Crippen LogP contribution < -0.4 is 0 Å². The number of fused-ring (bicyclic) bond motifs is 2. The zero-order valence-electron chi connectivity index (χ0n) is 16.8. The van der Waals surface area contributed by atoms with Crippen LogP contribution in [0.4, 0.5) is 0 Å². The first-order valence-electron chi connectivity index (χ1n) is 9.96. The first-order chi connectivity index (χ1) is 13.9. The normalized spacial score (nSPS) is 16.5. The highest BCUT2D eigenvalue weighted by atomic mass is 16.6. The van der Waals surface area contributed by atoms with Crippen molar-refractivity contribution in [2.24, 2.45) is 0 Å². The molecule has 0 unspecified atom stereocenters. The second-order valence-electron chi connectivity index (χ2n) is 8.00. The number of aromatic nitrogens is 1. The molecule has 0 radical (unpaired) electrons. The predicted molar refractivity (Wildman–Crippen MR) is 109 cm³/mol. The summed E-state index contributed by atoms with van der Waals surface area (Å²) >= 11 is 0. The Morgan fingerprint density at radius 3 is 2.79 bits per heavy atom. The first-order valence-corrected chi connectivity index (χ1v) is 9.96. The van der Waals surface area contributed by atoms with Gasteiger partial charge in [0.15, 0.2) is 0 Å². The number of carbonyl (C=O) groups excluding carboxylic acids is 2. The van der Waals surface area contributed by atoms with Gasteiger partial charge in [-0.3, -0.25) is 14.5 Å². The van der Waals surface area contributed by atoms with Gasteiger partial charge in [0.25, 0.3) is 0 Å². The van der Waals surface area contributed by atoms with Crippen molar-refractivity contribution >= 4 is 11.9 Å². The number of carbonyl (C=O) groups is 2. The highest BCUT2D eigenvalue weighted by Gasteiger charge is 2.48. The maximum atomic E-state index is 11.7. The summed E-state index contributed by atoms with van der Waals surface area (Å²) in [5, 5.41) is 0. The van der Waals surface area contributed by atoms with E-state index in [9.17, 15) is 9.59 Å². The number of aryl methyl sites for hydroxylation is 1. The third kappa shape index (κ3) is 4.38. The minimum Gasteiger partial charge on any atom is -0.393 e. The second kappa shape index (κ2) is 7.81. The van der Waals surface area contributed by atoms with Crippen LogP contribution in [-0.2, 0) is 26.3 Å². The van der Waals surface area contributed by atoms with Crippen molar-refractivity contribution in [1.82, 2.24) is 9.88 Å². The van der Waals surface area contributed by atoms with E-state index in [4.69, 9.17) is 0 Å². The van der Waals surface area contributed by atoms with Crippen molar-refractivity contribution in [1.29, 1.82) is 0 Å². The molecular formula is C24H24N2O3. The zero-order chi connectivity index (χ0) is 20.4. The molecular weight excluding hydrogens is 364 g/mol. The Morgan fingerprint density at radius 2 is 2.07 bits per heavy atom. The van der Waals surface area contributed by atoms with Crippen LogP contribution in [0.15, 0.2) is 36.5 Å². The molecule has 29 heavy (non-hydrogen) atoms. The summed E-state index contributed by atoms with van der Waals surface area (Å²) in [6.07, 6.45) is 4.32. The van der Waals surface area contributed by atoms with Gasteiger partial charge in [0.2, 0.25) is 0 Å². The van der Waals surface area contributed by atoms with E-state index in [1.165, 1.54) is 18.1 Å². The fourth-order valence-electron chi connectivity index (χ4n) is 4.04. The van der Waals surface area contributed by atoms with Crippen molar-refractivity contribution < 1.29 is 14.3 Å². The van der Waals surface area contributed by atoms with Crippen LogP contribution in [0.1, 0.15) is 54.1 Å². The van der Waals surface area contributed by atoms with Gasteiger partial charge in [-0.05, 0) is 60.6 Å². The molecule has 0 saturated heterocycles. The average Bonchev–Trinajstić information content (AvgIpc) is 3.45. The molecule has 2 aliphatic rings. The van der Waals surface area contributed by atoms with Crippen molar-refractivity contribution in [3.8, 4) is 11.8 Å². The smallest absolute Gasteiger partial charge is 0.314 e. The van der Waals surface area contributed by atoms with Gasteiger partial charge in [-0.25, -0.2) is 4.98 Å². The quantitative estimate of drug-likeness (QED) is 0.459. The van der Waals surface area contributed by atoms with Gasteiger partial charge in [0.05, 0.1) is 6.42 Å². The van der Waals surface area contributed by atoms with Gasteiger partial charge in [-0.2, -0.15) is 0 Å². The molecule has 1 aliphatic carbocycles. The third-order valence-corrected chi connectivity index (χ3v) is 5.68. The largest absolute Gasteiger partial charge is 0.393 e. The molecule has 148 valence electrons. The molecule has 1 aromatic heterocycles. The average molecular weight is 388 g/mol. The molecule has 5 heteroatoms. The molecule has 0 N–H and O–H groups in total. The summed E-state index contributed by atoms with van der Waals surface area (Å²) in [6.45, 7) is 5.61. The number of pyridine rings is 1. The molecule has 2 heterocycles. The maximum absolute atomic E-state index is 11.7. The third-order valence-electron chi connectivity index (χ3n) is 5.68. The number of rotatable bonds is 3. The Bertz CT molecular complexity index is 1030. The lowest BCUT2D eigenvalue weighted by Crippen LogP contribution is -2.39. The van der Waals surface area contributed by atoms with Crippen molar-refractivity contribution in [3.05, 3.63) is 64.5 Å². The number of nitrogens with zero attached hydrogens (tertiary/aromatic N) is 2. The van der Waals surface area contributed by atoms with Gasteiger partial charge in [-0.15, -0.1) is 0 Å². The topological polar surface area (TPSA) is 59.5 Å². The Morgan fingerprint density at radius 1 is 1.24 bits per heavy atom. The monoisotopic (exact) mass is 388 g/mol. The molecule has 0 amide bonds. The summed E-state index contributed by atoms with van der Waals surface area (Å²) in [6, 6.07) is 10.4. The molecule has 1 spiro atoms. The van der Waals surface area contributed by atoms with Gasteiger partial charge in [0.1, 0.15) is 5.69 Å². The van der Waals surface area contributed by atoms with Gasteiger partial charge < -0.3 is 4.74 Å². The highest BCUT2D eigenvalue weighted by molar-refractivity contribution is 5.84. The Labute approximate surface area is 171 Å². The van der Waals surface area contributed by atoms with Crippen LogP contribution >= 0.6 is 0 Å². The number of benzene rings is 1. The summed E-state index contributed by atoms with van der Waals surface area (Å²) in [4.78, 5) is 29.2. The fraction of sp³-hybridized carbons (Fsp3) is 0.375. The van der Waals surface area contributed by atoms with E-state index in [1.807, 2.05) is 19.1 Å². The molecule has 5 nitrogen and oxygen atoms in total. The lowest BCUT2D eigenvalue weighted by molar-refractivity contribution is -0.158. The van der Waals surface area contributed by atoms with Crippen LogP contribution in [-0.4, -0.2) is 34.9 Å². The van der Waals surface area contributed by atoms with Crippen LogP contribution in [0, 0.1) is 18.8 Å². The zero-order valence-corrected chi connectivity index (χ0v) is 16.8. The van der Waals surface area contributed by atoms with Crippen LogP contribution in [0.2, 0.25) is 0 Å². The SMILES string of the molecule is CC(=O)OC(=O)CCN1Cc2ccc(C#Cc3ncccc3C)cc2C2(CC2)C1. The summed E-state index contributed by atoms with van der Waals surface area (Å²) in [5.74, 6) is 5.45. The molecule has 2 aromatic rings. The number of esters is 2. The second-order valence-corrected chi connectivity index (χ2v) is 8.00.